The van der Waals surface area contributed by atoms with Gasteiger partial charge in [0.25, 0.3) is 5.91 Å². The summed E-state index contributed by atoms with van der Waals surface area (Å²) in [5.74, 6) is 0.587. The number of ether oxygens (including phenoxy) is 1. The zero-order valence-corrected chi connectivity index (χ0v) is 13.4. The van der Waals surface area contributed by atoms with Gasteiger partial charge in [0, 0.05) is 24.2 Å². The number of para-hydroxylation sites is 1. The van der Waals surface area contributed by atoms with Gasteiger partial charge < -0.3 is 15.4 Å². The van der Waals surface area contributed by atoms with Crippen LogP contribution in [0.1, 0.15) is 33.3 Å². The van der Waals surface area contributed by atoms with E-state index in [9.17, 15) is 4.79 Å². The lowest BCUT2D eigenvalue weighted by atomic mass is 10.1. The Morgan fingerprint density at radius 1 is 1.38 bits per heavy atom. The van der Waals surface area contributed by atoms with E-state index in [-0.39, 0.29) is 11.4 Å². The minimum absolute atomic E-state index is 0.0278. The fraction of sp³-hybridized carbons (Fsp3) is 0.471. The summed E-state index contributed by atoms with van der Waals surface area (Å²) < 4.78 is 5.78. The van der Waals surface area contributed by atoms with Gasteiger partial charge in [-0.2, -0.15) is 0 Å². The molecule has 1 unspecified atom stereocenters. The molecule has 0 aromatic heterocycles. The molecule has 0 aliphatic rings. The highest BCUT2D eigenvalue weighted by molar-refractivity contribution is 5.80. The molecule has 0 spiro atoms. The lowest BCUT2D eigenvalue weighted by Gasteiger charge is -2.22. The van der Waals surface area contributed by atoms with Gasteiger partial charge in [0.2, 0.25) is 0 Å². The molecule has 0 aliphatic heterocycles. The van der Waals surface area contributed by atoms with Crippen molar-refractivity contribution in [2.75, 3.05) is 6.54 Å². The number of carbonyl (C=O) groups excluding carboxylic acids is 1. The number of rotatable bonds is 7. The highest BCUT2D eigenvalue weighted by Gasteiger charge is 2.16. The zero-order valence-electron chi connectivity index (χ0n) is 13.4. The lowest BCUT2D eigenvalue weighted by Crippen LogP contribution is -2.37. The molecule has 0 fully saturated rings. The van der Waals surface area contributed by atoms with Crippen molar-refractivity contribution in [2.45, 2.75) is 45.9 Å². The first-order valence-corrected chi connectivity index (χ1v) is 7.21. The molecule has 21 heavy (non-hydrogen) atoms. The number of nitrogens with one attached hydrogen (secondary N) is 2. The first kappa shape index (κ1) is 17.2. The third kappa shape index (κ3) is 6.45. The van der Waals surface area contributed by atoms with E-state index in [0.29, 0.717) is 13.1 Å². The monoisotopic (exact) mass is 290 g/mol. The largest absolute Gasteiger partial charge is 0.481 e. The molecular formula is C17H26N2O2. The van der Waals surface area contributed by atoms with Crippen LogP contribution in [0.2, 0.25) is 0 Å². The molecule has 1 rings (SSSR count). The van der Waals surface area contributed by atoms with Gasteiger partial charge in [-0.05, 0) is 33.8 Å². The Morgan fingerprint density at radius 3 is 2.67 bits per heavy atom. The molecule has 1 atom stereocenters. The molecule has 1 aromatic carbocycles. The molecule has 4 heteroatoms. The average molecular weight is 290 g/mol. The van der Waals surface area contributed by atoms with E-state index in [1.807, 2.05) is 24.3 Å². The van der Waals surface area contributed by atoms with E-state index >= 15 is 0 Å². The quantitative estimate of drug-likeness (QED) is 0.759. The first-order chi connectivity index (χ1) is 9.83. The molecule has 0 aliphatic carbocycles. The zero-order chi connectivity index (χ0) is 15.9. The van der Waals surface area contributed by atoms with Crippen LogP contribution in [-0.2, 0) is 11.3 Å². The number of benzene rings is 1. The third-order valence-electron chi connectivity index (χ3n) is 2.88. The summed E-state index contributed by atoms with van der Waals surface area (Å²) in [6.07, 6.45) is 1.10. The van der Waals surface area contributed by atoms with Gasteiger partial charge >= 0.3 is 0 Å². The Labute approximate surface area is 127 Å². The molecule has 116 valence electrons. The summed E-state index contributed by atoms with van der Waals surface area (Å²) >= 11 is 0. The normalized spacial score (nSPS) is 12.6. The molecule has 0 radical (unpaired) electrons. The van der Waals surface area contributed by atoms with Crippen molar-refractivity contribution in [3.63, 3.8) is 0 Å². The van der Waals surface area contributed by atoms with E-state index in [1.165, 1.54) is 0 Å². The van der Waals surface area contributed by atoms with E-state index in [1.54, 1.807) is 13.0 Å². The van der Waals surface area contributed by atoms with Crippen LogP contribution in [0.5, 0.6) is 5.75 Å². The fourth-order valence-corrected chi connectivity index (χ4v) is 1.69. The standard InChI is InChI=1S/C17H26N2O2/c1-6-11-18-16(20)13(2)21-15-10-8-7-9-14(15)12-19-17(3,4)5/h6-10,13,19H,1,11-12H2,2-5H3,(H,18,20). The Hall–Kier alpha value is -1.81. The smallest absolute Gasteiger partial charge is 0.261 e. The Kier molecular flexibility index (Phi) is 6.43. The maximum absolute atomic E-state index is 11.8. The third-order valence-corrected chi connectivity index (χ3v) is 2.88. The van der Waals surface area contributed by atoms with Crippen LogP contribution in [0.3, 0.4) is 0 Å². The van der Waals surface area contributed by atoms with Crippen LogP contribution in [0.25, 0.3) is 0 Å². The maximum Gasteiger partial charge on any atom is 0.261 e. The second-order valence-electron chi connectivity index (χ2n) is 6.01. The Balaban J connectivity index is 2.70. The minimum atomic E-state index is -0.541. The highest BCUT2D eigenvalue weighted by atomic mass is 16.5. The van der Waals surface area contributed by atoms with Crippen LogP contribution in [0, 0.1) is 0 Å². The molecule has 4 nitrogen and oxygen atoms in total. The summed E-state index contributed by atoms with van der Waals surface area (Å²) in [7, 11) is 0. The Bertz CT molecular complexity index is 478. The summed E-state index contributed by atoms with van der Waals surface area (Å²) in [6, 6.07) is 7.76. The molecule has 1 amide bonds. The lowest BCUT2D eigenvalue weighted by molar-refractivity contribution is -0.127. The number of hydrogen-bond donors (Lipinski definition) is 2. The fourth-order valence-electron chi connectivity index (χ4n) is 1.69. The van der Waals surface area contributed by atoms with Crippen LogP contribution < -0.4 is 15.4 Å². The van der Waals surface area contributed by atoms with Gasteiger partial charge in [-0.1, -0.05) is 24.3 Å². The molecule has 2 N–H and O–H groups in total. The van der Waals surface area contributed by atoms with Crippen LogP contribution in [0.4, 0.5) is 0 Å². The van der Waals surface area contributed by atoms with Crippen molar-refractivity contribution in [3.05, 3.63) is 42.5 Å². The van der Waals surface area contributed by atoms with E-state index in [4.69, 9.17) is 4.74 Å². The number of amides is 1. The molecule has 0 heterocycles. The van der Waals surface area contributed by atoms with Crippen LogP contribution in [0.15, 0.2) is 36.9 Å². The van der Waals surface area contributed by atoms with Gasteiger partial charge in [0.15, 0.2) is 6.10 Å². The summed E-state index contributed by atoms with van der Waals surface area (Å²) in [4.78, 5) is 11.8. The first-order valence-electron chi connectivity index (χ1n) is 7.21. The molecule has 0 saturated heterocycles. The summed E-state index contributed by atoms with van der Waals surface area (Å²) in [6.45, 7) is 12.8. The minimum Gasteiger partial charge on any atom is -0.481 e. The second-order valence-corrected chi connectivity index (χ2v) is 6.01. The van der Waals surface area contributed by atoms with Crippen molar-refractivity contribution >= 4 is 5.91 Å². The maximum atomic E-state index is 11.8. The predicted molar refractivity (Wildman–Crippen MR) is 86.3 cm³/mol. The average Bonchev–Trinajstić information content (AvgIpc) is 2.42. The van der Waals surface area contributed by atoms with Crippen molar-refractivity contribution < 1.29 is 9.53 Å². The highest BCUT2D eigenvalue weighted by Crippen LogP contribution is 2.20. The number of carbonyl (C=O) groups is 1. The summed E-state index contributed by atoms with van der Waals surface area (Å²) in [5, 5.41) is 6.15. The van der Waals surface area contributed by atoms with Crippen LogP contribution in [-0.4, -0.2) is 24.1 Å². The van der Waals surface area contributed by atoms with E-state index < -0.39 is 6.10 Å². The number of hydrogen-bond acceptors (Lipinski definition) is 3. The SMILES string of the molecule is C=CCNC(=O)C(C)Oc1ccccc1CNC(C)(C)C. The second kappa shape index (κ2) is 7.84. The van der Waals surface area contributed by atoms with Crippen molar-refractivity contribution in [2.24, 2.45) is 0 Å². The predicted octanol–water partition coefficient (Wildman–Crippen LogP) is 2.64. The molecular weight excluding hydrogens is 264 g/mol. The Morgan fingerprint density at radius 2 is 2.05 bits per heavy atom. The van der Waals surface area contributed by atoms with E-state index in [0.717, 1.165) is 11.3 Å². The van der Waals surface area contributed by atoms with Crippen molar-refractivity contribution in [1.29, 1.82) is 0 Å². The van der Waals surface area contributed by atoms with Crippen molar-refractivity contribution in [3.8, 4) is 5.75 Å². The van der Waals surface area contributed by atoms with Gasteiger partial charge in [0.1, 0.15) is 5.75 Å². The van der Waals surface area contributed by atoms with Crippen LogP contribution >= 0.6 is 0 Å². The molecule has 0 saturated carbocycles. The molecule has 1 aromatic rings. The topological polar surface area (TPSA) is 50.4 Å². The summed E-state index contributed by atoms with van der Waals surface area (Å²) in [5.41, 5.74) is 1.07. The molecule has 0 bridgehead atoms. The van der Waals surface area contributed by atoms with E-state index in [2.05, 4.69) is 38.0 Å². The van der Waals surface area contributed by atoms with Gasteiger partial charge in [-0.3, -0.25) is 4.79 Å². The van der Waals surface area contributed by atoms with Crippen molar-refractivity contribution in [1.82, 2.24) is 10.6 Å². The van der Waals surface area contributed by atoms with Gasteiger partial charge in [-0.25, -0.2) is 0 Å². The van der Waals surface area contributed by atoms with Gasteiger partial charge in [-0.15, -0.1) is 6.58 Å². The van der Waals surface area contributed by atoms with Gasteiger partial charge in [0.05, 0.1) is 0 Å².